The van der Waals surface area contributed by atoms with Crippen LogP contribution in [0.1, 0.15) is 19.4 Å². The van der Waals surface area contributed by atoms with Gasteiger partial charge >= 0.3 is 0 Å². The van der Waals surface area contributed by atoms with Crippen molar-refractivity contribution in [1.29, 1.82) is 0 Å². The molecular formula is C15H19NO2S. The largest absolute Gasteiger partial charge is 0.325 e. The van der Waals surface area contributed by atoms with Gasteiger partial charge in [0.05, 0.1) is 11.5 Å². The first-order chi connectivity index (χ1) is 8.77. The van der Waals surface area contributed by atoms with Crippen LogP contribution < -0.4 is 5.73 Å². The zero-order chi connectivity index (χ0) is 14.1. The van der Waals surface area contributed by atoms with Crippen LogP contribution in [0, 0.1) is 0 Å². The highest BCUT2D eigenvalue weighted by Gasteiger charge is 2.22. The number of sulfone groups is 1. The van der Waals surface area contributed by atoms with Gasteiger partial charge in [-0.15, -0.1) is 0 Å². The molecule has 2 aromatic carbocycles. The van der Waals surface area contributed by atoms with Crippen molar-refractivity contribution >= 4 is 20.6 Å². The topological polar surface area (TPSA) is 60.2 Å². The highest BCUT2D eigenvalue weighted by molar-refractivity contribution is 7.90. The Bertz CT molecular complexity index is 679. The molecule has 0 heterocycles. The van der Waals surface area contributed by atoms with Gasteiger partial charge in [0.25, 0.3) is 0 Å². The van der Waals surface area contributed by atoms with E-state index in [2.05, 4.69) is 0 Å². The maximum Gasteiger partial charge on any atom is 0.156 e. The van der Waals surface area contributed by atoms with Gasteiger partial charge in [-0.2, -0.15) is 0 Å². The van der Waals surface area contributed by atoms with E-state index in [0.717, 1.165) is 16.3 Å². The molecule has 2 aromatic rings. The van der Waals surface area contributed by atoms with Crippen molar-refractivity contribution in [3.63, 3.8) is 0 Å². The van der Waals surface area contributed by atoms with E-state index in [1.165, 1.54) is 0 Å². The second-order valence-electron chi connectivity index (χ2n) is 5.66. The number of rotatable bonds is 4. The Hall–Kier alpha value is -1.39. The van der Waals surface area contributed by atoms with Gasteiger partial charge in [-0.05, 0) is 30.2 Å². The van der Waals surface area contributed by atoms with Crippen LogP contribution in [-0.4, -0.2) is 19.7 Å². The summed E-state index contributed by atoms with van der Waals surface area (Å²) < 4.78 is 24.4. The lowest BCUT2D eigenvalue weighted by Crippen LogP contribution is -2.40. The molecule has 0 atom stereocenters. The van der Waals surface area contributed by atoms with Crippen LogP contribution >= 0.6 is 0 Å². The van der Waals surface area contributed by atoms with Crippen molar-refractivity contribution in [2.45, 2.75) is 25.1 Å². The van der Waals surface area contributed by atoms with Crippen LogP contribution in [0.5, 0.6) is 0 Å². The first-order valence-electron chi connectivity index (χ1n) is 6.23. The molecule has 0 aromatic heterocycles. The third-order valence-electron chi connectivity index (χ3n) is 2.85. The summed E-state index contributed by atoms with van der Waals surface area (Å²) in [7, 11) is -3.21. The first kappa shape index (κ1) is 14.0. The van der Waals surface area contributed by atoms with Crippen LogP contribution in [0.4, 0.5) is 0 Å². The normalized spacial score (nSPS) is 12.8. The summed E-state index contributed by atoms with van der Waals surface area (Å²) >= 11 is 0. The predicted molar refractivity (Wildman–Crippen MR) is 79.7 cm³/mol. The van der Waals surface area contributed by atoms with E-state index >= 15 is 0 Å². The Morgan fingerprint density at radius 1 is 1.05 bits per heavy atom. The average Bonchev–Trinajstić information content (AvgIpc) is 2.25. The van der Waals surface area contributed by atoms with Crippen LogP contribution in [0.3, 0.4) is 0 Å². The first-order valence-corrected chi connectivity index (χ1v) is 8.05. The fourth-order valence-corrected chi connectivity index (χ4v) is 4.23. The van der Waals surface area contributed by atoms with E-state index in [-0.39, 0.29) is 11.5 Å². The number of hydrogen-bond acceptors (Lipinski definition) is 3. The summed E-state index contributed by atoms with van der Waals surface area (Å²) in [5.74, 6) is 0.0260. The van der Waals surface area contributed by atoms with Crippen molar-refractivity contribution in [2.24, 2.45) is 5.73 Å². The summed E-state index contributed by atoms with van der Waals surface area (Å²) in [5.41, 5.74) is 5.94. The van der Waals surface area contributed by atoms with Crippen molar-refractivity contribution in [3.8, 4) is 0 Å². The second-order valence-corrected chi connectivity index (χ2v) is 7.72. The molecule has 102 valence electrons. The molecule has 0 radical (unpaired) electrons. The fourth-order valence-electron chi connectivity index (χ4n) is 2.27. The van der Waals surface area contributed by atoms with Crippen LogP contribution in [0.2, 0.25) is 0 Å². The van der Waals surface area contributed by atoms with E-state index < -0.39 is 15.4 Å². The molecule has 0 saturated carbocycles. The van der Waals surface area contributed by atoms with Crippen molar-refractivity contribution in [2.75, 3.05) is 5.75 Å². The highest BCUT2D eigenvalue weighted by atomic mass is 32.2. The monoisotopic (exact) mass is 277 g/mol. The Morgan fingerprint density at radius 3 is 2.37 bits per heavy atom. The van der Waals surface area contributed by atoms with E-state index in [0.29, 0.717) is 0 Å². The van der Waals surface area contributed by atoms with E-state index in [1.807, 2.05) is 42.5 Å². The molecule has 0 saturated heterocycles. The van der Waals surface area contributed by atoms with Gasteiger partial charge in [0.2, 0.25) is 0 Å². The van der Waals surface area contributed by atoms with E-state index in [9.17, 15) is 8.42 Å². The zero-order valence-corrected chi connectivity index (χ0v) is 12.1. The Kier molecular flexibility index (Phi) is 3.65. The summed E-state index contributed by atoms with van der Waals surface area (Å²) in [5, 5.41) is 2.05. The number of fused-ring (bicyclic) bond motifs is 1. The van der Waals surface area contributed by atoms with Crippen molar-refractivity contribution < 1.29 is 8.42 Å². The average molecular weight is 277 g/mol. The molecule has 2 rings (SSSR count). The smallest absolute Gasteiger partial charge is 0.156 e. The predicted octanol–water partition coefficient (Wildman–Crippen LogP) is 2.49. The molecule has 19 heavy (non-hydrogen) atoms. The Morgan fingerprint density at radius 2 is 1.68 bits per heavy atom. The van der Waals surface area contributed by atoms with Gasteiger partial charge in [-0.25, -0.2) is 8.42 Å². The molecule has 0 bridgehead atoms. The Balaban J connectivity index is 2.37. The molecule has 3 nitrogen and oxygen atoms in total. The van der Waals surface area contributed by atoms with Crippen LogP contribution in [0.15, 0.2) is 42.5 Å². The minimum absolute atomic E-state index is 0.0107. The number of benzene rings is 2. The van der Waals surface area contributed by atoms with Gasteiger partial charge in [0.1, 0.15) is 0 Å². The Labute approximate surface area is 114 Å². The molecule has 0 aliphatic rings. The summed E-state index contributed by atoms with van der Waals surface area (Å²) in [6, 6.07) is 13.5. The molecule has 4 heteroatoms. The molecule has 0 unspecified atom stereocenters. The van der Waals surface area contributed by atoms with E-state index in [1.54, 1.807) is 13.8 Å². The molecule has 0 amide bonds. The van der Waals surface area contributed by atoms with E-state index in [4.69, 9.17) is 5.73 Å². The third kappa shape index (κ3) is 3.78. The van der Waals surface area contributed by atoms with Gasteiger partial charge in [0.15, 0.2) is 9.84 Å². The van der Waals surface area contributed by atoms with Crippen LogP contribution in [0.25, 0.3) is 10.8 Å². The van der Waals surface area contributed by atoms with Crippen molar-refractivity contribution in [3.05, 3.63) is 48.0 Å². The van der Waals surface area contributed by atoms with Crippen LogP contribution in [-0.2, 0) is 15.6 Å². The zero-order valence-electron chi connectivity index (χ0n) is 11.3. The molecule has 0 fully saturated rings. The molecule has 0 spiro atoms. The standard InChI is InChI=1S/C15H19NO2S/c1-15(2,16)11-19(17,18)10-13-8-5-7-12-6-3-4-9-14(12)13/h3-9H,10-11,16H2,1-2H3. The molecule has 0 aliphatic carbocycles. The van der Waals surface area contributed by atoms with Crippen molar-refractivity contribution in [1.82, 2.24) is 0 Å². The third-order valence-corrected chi connectivity index (χ3v) is 4.78. The molecule has 0 aliphatic heterocycles. The van der Waals surface area contributed by atoms with Gasteiger partial charge < -0.3 is 5.73 Å². The maximum absolute atomic E-state index is 12.2. The van der Waals surface area contributed by atoms with Gasteiger partial charge in [-0.3, -0.25) is 0 Å². The molecule has 2 N–H and O–H groups in total. The quantitative estimate of drug-likeness (QED) is 0.934. The fraction of sp³-hybridized carbons (Fsp3) is 0.333. The minimum Gasteiger partial charge on any atom is -0.325 e. The second kappa shape index (κ2) is 4.94. The minimum atomic E-state index is -3.21. The SMILES string of the molecule is CC(C)(N)CS(=O)(=O)Cc1cccc2ccccc12. The number of nitrogens with two attached hydrogens (primary N) is 1. The van der Waals surface area contributed by atoms with Gasteiger partial charge in [0, 0.05) is 5.54 Å². The van der Waals surface area contributed by atoms with Gasteiger partial charge in [-0.1, -0.05) is 42.5 Å². The highest BCUT2D eigenvalue weighted by Crippen LogP contribution is 2.21. The number of hydrogen-bond donors (Lipinski definition) is 1. The lowest BCUT2D eigenvalue weighted by molar-refractivity contribution is 0.544. The lowest BCUT2D eigenvalue weighted by atomic mass is 10.1. The summed E-state index contributed by atoms with van der Waals surface area (Å²) in [6.07, 6.45) is 0. The molecular weight excluding hydrogens is 258 g/mol. The maximum atomic E-state index is 12.2. The summed E-state index contributed by atoms with van der Waals surface area (Å²) in [6.45, 7) is 3.46. The lowest BCUT2D eigenvalue weighted by Gasteiger charge is -2.18. The summed E-state index contributed by atoms with van der Waals surface area (Å²) in [4.78, 5) is 0.